The number of hydrogen-bond acceptors (Lipinski definition) is 7. The zero-order valence-corrected chi connectivity index (χ0v) is 17.3. The average molecular weight is 420 g/mol. The van der Waals surface area contributed by atoms with E-state index in [1.54, 1.807) is 16.4 Å². The maximum absolute atomic E-state index is 12.2. The molecular weight excluding hydrogens is 398 g/mol. The summed E-state index contributed by atoms with van der Waals surface area (Å²) < 4.78 is 1.79. The Hall–Kier alpha value is -2.14. The molecule has 0 bridgehead atoms. The largest absolute Gasteiger partial charge is 0.505 e. The Bertz CT molecular complexity index is 1000. The predicted octanol–water partition coefficient (Wildman–Crippen LogP) is 3.70. The van der Waals surface area contributed by atoms with Crippen LogP contribution in [0.3, 0.4) is 0 Å². The molecule has 6 nitrogen and oxygen atoms in total. The Morgan fingerprint density at radius 2 is 1.82 bits per heavy atom. The van der Waals surface area contributed by atoms with Crippen molar-refractivity contribution in [2.75, 3.05) is 24.7 Å². The van der Waals surface area contributed by atoms with Gasteiger partial charge in [-0.1, -0.05) is 36.8 Å². The van der Waals surface area contributed by atoms with E-state index in [0.717, 1.165) is 32.1 Å². The van der Waals surface area contributed by atoms with E-state index in [-0.39, 0.29) is 17.1 Å². The van der Waals surface area contributed by atoms with Gasteiger partial charge in [0.1, 0.15) is 11.4 Å². The summed E-state index contributed by atoms with van der Waals surface area (Å²) >= 11 is 7.43. The molecule has 0 radical (unpaired) electrons. The van der Waals surface area contributed by atoms with Gasteiger partial charge in [0.05, 0.1) is 21.1 Å². The standard InChI is InChI=1S/C20H22ClN3O3S/c1-4-20(10-6-5-7-11-20)23-15-14(17(26)18(15)27)22-13-9-8-12(21)19(16(13)25)28-24(2)3/h1,8-9,22-23,25H,5-7,10-11H2,2-3H3. The highest BCUT2D eigenvalue weighted by Gasteiger charge is 2.34. The zero-order chi connectivity index (χ0) is 20.5. The molecule has 8 heteroatoms. The summed E-state index contributed by atoms with van der Waals surface area (Å²) in [6, 6.07) is 3.19. The fourth-order valence-electron chi connectivity index (χ4n) is 3.38. The van der Waals surface area contributed by atoms with Gasteiger partial charge in [-0.3, -0.25) is 13.9 Å². The molecule has 28 heavy (non-hydrogen) atoms. The SMILES string of the molecule is C#CC1(Nc2c(Nc3ccc(Cl)c(SN(C)C)c3O)c(=O)c2=O)CCCCC1. The molecule has 0 amide bonds. The molecule has 1 saturated carbocycles. The summed E-state index contributed by atoms with van der Waals surface area (Å²) in [4.78, 5) is 24.8. The van der Waals surface area contributed by atoms with Crippen LogP contribution in [0.15, 0.2) is 26.6 Å². The Morgan fingerprint density at radius 3 is 2.43 bits per heavy atom. The van der Waals surface area contributed by atoms with Gasteiger partial charge in [-0.15, -0.1) is 6.42 Å². The molecule has 0 unspecified atom stereocenters. The molecule has 148 valence electrons. The number of hydrogen-bond donors (Lipinski definition) is 3. The number of halogens is 1. The Morgan fingerprint density at radius 1 is 1.18 bits per heavy atom. The first-order valence-corrected chi connectivity index (χ1v) is 10.2. The molecule has 0 atom stereocenters. The number of phenols is 1. The molecule has 3 rings (SSSR count). The molecule has 0 aromatic heterocycles. The van der Waals surface area contributed by atoms with E-state index in [1.807, 2.05) is 14.1 Å². The highest BCUT2D eigenvalue weighted by Crippen LogP contribution is 2.42. The Kier molecular flexibility index (Phi) is 5.94. The van der Waals surface area contributed by atoms with E-state index in [1.165, 1.54) is 11.9 Å². The first kappa shape index (κ1) is 20.6. The summed E-state index contributed by atoms with van der Waals surface area (Å²) in [6.45, 7) is 0. The van der Waals surface area contributed by atoms with Crippen LogP contribution in [0.1, 0.15) is 32.1 Å². The maximum atomic E-state index is 12.2. The van der Waals surface area contributed by atoms with Gasteiger partial charge >= 0.3 is 0 Å². The number of terminal acetylenes is 1. The first-order valence-electron chi connectivity index (χ1n) is 9.01. The van der Waals surface area contributed by atoms with Gasteiger partial charge in [0.25, 0.3) is 10.9 Å². The lowest BCUT2D eigenvalue weighted by molar-refractivity contribution is 0.396. The number of phenolic OH excluding ortho intramolecular Hbond substituents is 1. The Labute approximate surface area is 173 Å². The van der Waals surface area contributed by atoms with Crippen molar-refractivity contribution in [1.29, 1.82) is 0 Å². The molecule has 1 aliphatic carbocycles. The van der Waals surface area contributed by atoms with E-state index in [4.69, 9.17) is 18.0 Å². The molecule has 2 aromatic carbocycles. The molecule has 3 N–H and O–H groups in total. The van der Waals surface area contributed by atoms with Crippen molar-refractivity contribution in [1.82, 2.24) is 4.31 Å². The summed E-state index contributed by atoms with van der Waals surface area (Å²) in [5.41, 5.74) is -1.27. The van der Waals surface area contributed by atoms with E-state index in [0.29, 0.717) is 15.6 Å². The minimum absolute atomic E-state index is 0.0884. The van der Waals surface area contributed by atoms with Crippen LogP contribution in [-0.2, 0) is 0 Å². The summed E-state index contributed by atoms with van der Waals surface area (Å²) in [5, 5.41) is 17.0. The minimum atomic E-state index is -0.637. The second kappa shape index (κ2) is 8.08. The van der Waals surface area contributed by atoms with E-state index < -0.39 is 16.4 Å². The predicted molar refractivity (Wildman–Crippen MR) is 116 cm³/mol. The lowest BCUT2D eigenvalue weighted by Gasteiger charge is -2.35. The number of anilines is 3. The van der Waals surface area contributed by atoms with Gasteiger partial charge in [-0.2, -0.15) is 0 Å². The summed E-state index contributed by atoms with van der Waals surface area (Å²) in [5.74, 6) is 2.69. The molecule has 1 aliphatic rings. The number of rotatable bonds is 6. The fraction of sp³-hybridized carbons (Fsp3) is 0.400. The molecule has 1 fully saturated rings. The lowest BCUT2D eigenvalue weighted by Crippen LogP contribution is -2.45. The van der Waals surface area contributed by atoms with Crippen molar-refractivity contribution in [2.24, 2.45) is 0 Å². The third-order valence-electron chi connectivity index (χ3n) is 4.87. The van der Waals surface area contributed by atoms with Crippen molar-refractivity contribution in [3.63, 3.8) is 0 Å². The number of aromatic hydroxyl groups is 1. The Balaban J connectivity index is 1.91. The van der Waals surface area contributed by atoms with Gasteiger partial charge in [0.15, 0.2) is 5.75 Å². The van der Waals surface area contributed by atoms with Crippen LogP contribution in [-0.4, -0.2) is 29.0 Å². The van der Waals surface area contributed by atoms with Crippen LogP contribution in [0.4, 0.5) is 17.1 Å². The molecule has 0 saturated heterocycles. The maximum Gasteiger partial charge on any atom is 0.253 e. The molecule has 0 aliphatic heterocycles. The minimum Gasteiger partial charge on any atom is -0.505 e. The monoisotopic (exact) mass is 419 g/mol. The van der Waals surface area contributed by atoms with Crippen LogP contribution < -0.4 is 21.5 Å². The van der Waals surface area contributed by atoms with Crippen LogP contribution in [0.2, 0.25) is 5.02 Å². The second-order valence-corrected chi connectivity index (χ2v) is 8.85. The van der Waals surface area contributed by atoms with Gasteiger partial charge in [0, 0.05) is 0 Å². The second-order valence-electron chi connectivity index (χ2n) is 7.12. The van der Waals surface area contributed by atoms with Crippen LogP contribution >= 0.6 is 23.5 Å². The van der Waals surface area contributed by atoms with Crippen molar-refractivity contribution in [3.05, 3.63) is 37.6 Å². The first-order chi connectivity index (χ1) is 13.3. The van der Waals surface area contributed by atoms with Gasteiger partial charge in [0.2, 0.25) is 0 Å². The third-order valence-corrected chi connectivity index (χ3v) is 6.26. The third kappa shape index (κ3) is 3.86. The summed E-state index contributed by atoms with van der Waals surface area (Å²) in [7, 11) is 3.64. The normalized spacial score (nSPS) is 16.1. The molecule has 0 spiro atoms. The van der Waals surface area contributed by atoms with Crippen molar-refractivity contribution >= 4 is 40.6 Å². The van der Waals surface area contributed by atoms with Crippen LogP contribution in [0.25, 0.3) is 0 Å². The lowest BCUT2D eigenvalue weighted by atomic mass is 9.82. The highest BCUT2D eigenvalue weighted by molar-refractivity contribution is 7.97. The zero-order valence-electron chi connectivity index (χ0n) is 15.8. The molecular formula is C20H22ClN3O3S. The van der Waals surface area contributed by atoms with Gasteiger partial charge in [-0.25, -0.2) is 0 Å². The van der Waals surface area contributed by atoms with Crippen molar-refractivity contribution in [3.8, 4) is 18.1 Å². The smallest absolute Gasteiger partial charge is 0.253 e. The van der Waals surface area contributed by atoms with E-state index in [2.05, 4.69) is 16.6 Å². The molecule has 2 aromatic rings. The average Bonchev–Trinajstić information content (AvgIpc) is 2.69. The van der Waals surface area contributed by atoms with Gasteiger partial charge < -0.3 is 15.7 Å². The molecule has 0 heterocycles. The van der Waals surface area contributed by atoms with E-state index >= 15 is 0 Å². The van der Waals surface area contributed by atoms with Crippen LogP contribution in [0.5, 0.6) is 5.75 Å². The topological polar surface area (TPSA) is 81.7 Å². The summed E-state index contributed by atoms with van der Waals surface area (Å²) in [6.07, 6.45) is 10.3. The van der Waals surface area contributed by atoms with E-state index in [9.17, 15) is 14.7 Å². The fourth-order valence-corrected chi connectivity index (χ4v) is 4.35. The number of nitrogens with one attached hydrogen (secondary N) is 2. The highest BCUT2D eigenvalue weighted by atomic mass is 35.5. The van der Waals surface area contributed by atoms with Crippen molar-refractivity contribution < 1.29 is 5.11 Å². The van der Waals surface area contributed by atoms with Gasteiger partial charge in [-0.05, 0) is 51.0 Å². The quantitative estimate of drug-likeness (QED) is 0.285. The van der Waals surface area contributed by atoms with Crippen LogP contribution in [0, 0.1) is 12.3 Å². The number of nitrogens with zero attached hydrogens (tertiary/aromatic N) is 1. The number of benzene rings is 1. The van der Waals surface area contributed by atoms with Crippen molar-refractivity contribution in [2.45, 2.75) is 42.5 Å².